The summed E-state index contributed by atoms with van der Waals surface area (Å²) in [5.74, 6) is 0.559. The zero-order valence-corrected chi connectivity index (χ0v) is 11.7. The van der Waals surface area contributed by atoms with Crippen LogP contribution in [0, 0.1) is 0 Å². The third-order valence-electron chi connectivity index (χ3n) is 3.06. The first-order valence-corrected chi connectivity index (χ1v) is 6.51. The van der Waals surface area contributed by atoms with Crippen molar-refractivity contribution in [1.82, 2.24) is 0 Å². The van der Waals surface area contributed by atoms with Crippen LogP contribution in [0.5, 0.6) is 5.75 Å². The van der Waals surface area contributed by atoms with Gasteiger partial charge in [0.1, 0.15) is 5.75 Å². The van der Waals surface area contributed by atoms with Crippen molar-refractivity contribution in [2.75, 3.05) is 7.11 Å². The van der Waals surface area contributed by atoms with Crippen LogP contribution in [-0.2, 0) is 6.42 Å². The van der Waals surface area contributed by atoms with Gasteiger partial charge in [0.05, 0.1) is 12.1 Å². The fourth-order valence-corrected chi connectivity index (χ4v) is 2.27. The Labute approximate surface area is 118 Å². The first kappa shape index (κ1) is 13.6. The molecule has 2 aromatic rings. The van der Waals surface area contributed by atoms with Crippen LogP contribution in [0.3, 0.4) is 0 Å². The average molecular weight is 275 g/mol. The molecule has 0 aliphatic heterocycles. The SMILES string of the molecule is CCc1ccccc1C(=O)c1ccc(OC)c(Cl)c1. The fourth-order valence-electron chi connectivity index (χ4n) is 2.01. The van der Waals surface area contributed by atoms with Gasteiger partial charge in [-0.15, -0.1) is 0 Å². The lowest BCUT2D eigenvalue weighted by Gasteiger charge is -2.08. The summed E-state index contributed by atoms with van der Waals surface area (Å²) in [7, 11) is 1.55. The molecule has 98 valence electrons. The van der Waals surface area contributed by atoms with E-state index in [0.29, 0.717) is 16.3 Å². The Hall–Kier alpha value is -1.80. The van der Waals surface area contributed by atoms with Gasteiger partial charge in [-0.3, -0.25) is 4.79 Å². The summed E-state index contributed by atoms with van der Waals surface area (Å²) in [6.45, 7) is 2.03. The summed E-state index contributed by atoms with van der Waals surface area (Å²) in [4.78, 5) is 12.5. The molecule has 0 unspecified atom stereocenters. The van der Waals surface area contributed by atoms with Gasteiger partial charge in [-0.1, -0.05) is 42.8 Å². The Morgan fingerprint density at radius 2 is 1.95 bits per heavy atom. The summed E-state index contributed by atoms with van der Waals surface area (Å²) >= 11 is 6.06. The number of carbonyl (C=O) groups is 1. The molecule has 0 atom stereocenters. The monoisotopic (exact) mass is 274 g/mol. The minimum atomic E-state index is -0.0120. The van der Waals surface area contributed by atoms with Crippen LogP contribution >= 0.6 is 11.6 Å². The maximum atomic E-state index is 12.5. The van der Waals surface area contributed by atoms with E-state index < -0.39 is 0 Å². The van der Waals surface area contributed by atoms with Crippen LogP contribution in [-0.4, -0.2) is 12.9 Å². The number of hydrogen-bond donors (Lipinski definition) is 0. The third-order valence-corrected chi connectivity index (χ3v) is 3.35. The van der Waals surface area contributed by atoms with Gasteiger partial charge in [0, 0.05) is 11.1 Å². The number of methoxy groups -OCH3 is 1. The van der Waals surface area contributed by atoms with Crippen LogP contribution in [0.1, 0.15) is 28.4 Å². The number of halogens is 1. The van der Waals surface area contributed by atoms with E-state index in [9.17, 15) is 4.79 Å². The quantitative estimate of drug-likeness (QED) is 0.783. The van der Waals surface area contributed by atoms with E-state index in [-0.39, 0.29) is 5.78 Å². The summed E-state index contributed by atoms with van der Waals surface area (Å²) < 4.78 is 5.09. The fraction of sp³-hybridized carbons (Fsp3) is 0.188. The second-order valence-corrected chi connectivity index (χ2v) is 4.60. The lowest BCUT2D eigenvalue weighted by molar-refractivity contribution is 0.103. The Morgan fingerprint density at radius 1 is 1.21 bits per heavy atom. The highest BCUT2D eigenvalue weighted by molar-refractivity contribution is 6.32. The van der Waals surface area contributed by atoms with Crippen molar-refractivity contribution in [3.05, 3.63) is 64.2 Å². The summed E-state index contributed by atoms with van der Waals surface area (Å²) in [6, 6.07) is 12.7. The number of aryl methyl sites for hydroxylation is 1. The van der Waals surface area contributed by atoms with Gasteiger partial charge in [0.2, 0.25) is 0 Å². The molecule has 3 heteroatoms. The van der Waals surface area contributed by atoms with Crippen LogP contribution in [0.25, 0.3) is 0 Å². The topological polar surface area (TPSA) is 26.3 Å². The molecule has 0 fully saturated rings. The molecule has 0 spiro atoms. The Morgan fingerprint density at radius 3 is 2.58 bits per heavy atom. The average Bonchev–Trinajstić information content (AvgIpc) is 2.46. The van der Waals surface area contributed by atoms with Gasteiger partial charge < -0.3 is 4.74 Å². The molecule has 0 saturated heterocycles. The standard InChI is InChI=1S/C16H15ClO2/c1-3-11-6-4-5-7-13(11)16(18)12-8-9-15(19-2)14(17)10-12/h4-10H,3H2,1-2H3. The van der Waals surface area contributed by atoms with Crippen LogP contribution in [0.2, 0.25) is 5.02 Å². The summed E-state index contributed by atoms with van der Waals surface area (Å²) in [5, 5.41) is 0.447. The molecule has 2 nitrogen and oxygen atoms in total. The molecular weight excluding hydrogens is 260 g/mol. The molecule has 0 radical (unpaired) electrons. The zero-order valence-electron chi connectivity index (χ0n) is 10.9. The van der Waals surface area contributed by atoms with Crippen LogP contribution in [0.4, 0.5) is 0 Å². The lowest BCUT2D eigenvalue weighted by Crippen LogP contribution is -2.05. The number of rotatable bonds is 4. The van der Waals surface area contributed by atoms with E-state index in [0.717, 1.165) is 17.5 Å². The molecule has 0 bridgehead atoms. The Bertz CT molecular complexity index is 605. The van der Waals surface area contributed by atoms with E-state index in [2.05, 4.69) is 0 Å². The van der Waals surface area contributed by atoms with E-state index in [1.165, 1.54) is 0 Å². The summed E-state index contributed by atoms with van der Waals surface area (Å²) in [5.41, 5.74) is 2.34. The molecule has 0 N–H and O–H groups in total. The van der Waals surface area contributed by atoms with Gasteiger partial charge in [-0.2, -0.15) is 0 Å². The number of carbonyl (C=O) groups excluding carboxylic acids is 1. The summed E-state index contributed by atoms with van der Waals surface area (Å²) in [6.07, 6.45) is 0.825. The maximum Gasteiger partial charge on any atom is 0.193 e. The number of ether oxygens (including phenoxy) is 1. The van der Waals surface area contributed by atoms with Gasteiger partial charge >= 0.3 is 0 Å². The maximum absolute atomic E-state index is 12.5. The van der Waals surface area contributed by atoms with E-state index in [1.54, 1.807) is 25.3 Å². The minimum absolute atomic E-state index is 0.0120. The Kier molecular flexibility index (Phi) is 4.23. The van der Waals surface area contributed by atoms with Crippen molar-refractivity contribution < 1.29 is 9.53 Å². The molecule has 2 rings (SSSR count). The van der Waals surface area contributed by atoms with Crippen molar-refractivity contribution in [1.29, 1.82) is 0 Å². The zero-order chi connectivity index (χ0) is 13.8. The van der Waals surface area contributed by atoms with Gasteiger partial charge in [-0.25, -0.2) is 0 Å². The van der Waals surface area contributed by atoms with E-state index in [4.69, 9.17) is 16.3 Å². The molecule has 0 aromatic heterocycles. The largest absolute Gasteiger partial charge is 0.495 e. The predicted octanol–water partition coefficient (Wildman–Crippen LogP) is 4.14. The first-order chi connectivity index (χ1) is 9.17. The lowest BCUT2D eigenvalue weighted by atomic mass is 9.97. The molecule has 0 aliphatic carbocycles. The third kappa shape index (κ3) is 2.79. The van der Waals surface area contributed by atoms with Gasteiger partial charge in [0.25, 0.3) is 0 Å². The normalized spacial score (nSPS) is 10.3. The molecule has 0 heterocycles. The van der Waals surface area contributed by atoms with Crippen molar-refractivity contribution in [3.63, 3.8) is 0 Å². The van der Waals surface area contributed by atoms with Crippen molar-refractivity contribution >= 4 is 17.4 Å². The van der Waals surface area contributed by atoms with Crippen molar-refractivity contribution in [3.8, 4) is 5.75 Å². The minimum Gasteiger partial charge on any atom is -0.495 e. The molecule has 0 amide bonds. The number of benzene rings is 2. The molecule has 0 saturated carbocycles. The van der Waals surface area contributed by atoms with Gasteiger partial charge in [-0.05, 0) is 30.2 Å². The highest BCUT2D eigenvalue weighted by atomic mass is 35.5. The predicted molar refractivity (Wildman–Crippen MR) is 77.3 cm³/mol. The highest BCUT2D eigenvalue weighted by Crippen LogP contribution is 2.26. The van der Waals surface area contributed by atoms with E-state index in [1.807, 2.05) is 31.2 Å². The molecular formula is C16H15ClO2. The first-order valence-electron chi connectivity index (χ1n) is 6.13. The van der Waals surface area contributed by atoms with Crippen LogP contribution in [0.15, 0.2) is 42.5 Å². The van der Waals surface area contributed by atoms with Gasteiger partial charge in [0.15, 0.2) is 5.78 Å². The number of ketones is 1. The second-order valence-electron chi connectivity index (χ2n) is 4.19. The highest BCUT2D eigenvalue weighted by Gasteiger charge is 2.14. The Balaban J connectivity index is 2.41. The second kappa shape index (κ2) is 5.89. The molecule has 2 aromatic carbocycles. The van der Waals surface area contributed by atoms with E-state index >= 15 is 0 Å². The van der Waals surface area contributed by atoms with Crippen molar-refractivity contribution in [2.45, 2.75) is 13.3 Å². The number of hydrogen-bond acceptors (Lipinski definition) is 2. The van der Waals surface area contributed by atoms with Crippen LogP contribution < -0.4 is 4.74 Å². The molecule has 0 aliphatic rings. The van der Waals surface area contributed by atoms with Crippen molar-refractivity contribution in [2.24, 2.45) is 0 Å². The smallest absolute Gasteiger partial charge is 0.193 e. The molecule has 19 heavy (non-hydrogen) atoms.